The number of aromatic nitrogens is 1. The number of rotatable bonds is 0. The van der Waals surface area contributed by atoms with Gasteiger partial charge in [0.15, 0.2) is 5.82 Å². The molecule has 0 saturated carbocycles. The van der Waals surface area contributed by atoms with Crippen molar-refractivity contribution in [2.24, 2.45) is 0 Å². The Morgan fingerprint density at radius 2 is 2.00 bits per heavy atom. The number of nitrogens with zero attached hydrogens (tertiary/aromatic N) is 1. The third kappa shape index (κ3) is 1.62. The molecule has 0 unspecified atom stereocenters. The SMILES string of the molecule is Cc1cnc2c(F)cc(F)c(Br)c2c1Cl. The van der Waals surface area contributed by atoms with Crippen LogP contribution in [0.5, 0.6) is 0 Å². The van der Waals surface area contributed by atoms with E-state index < -0.39 is 11.6 Å². The highest BCUT2D eigenvalue weighted by Gasteiger charge is 2.15. The van der Waals surface area contributed by atoms with Gasteiger partial charge in [-0.05, 0) is 28.4 Å². The first-order chi connectivity index (χ1) is 7.02. The van der Waals surface area contributed by atoms with Crippen LogP contribution in [-0.2, 0) is 0 Å². The van der Waals surface area contributed by atoms with Crippen molar-refractivity contribution in [2.45, 2.75) is 6.92 Å². The second-order valence-electron chi connectivity index (χ2n) is 3.13. The van der Waals surface area contributed by atoms with Gasteiger partial charge in [-0.2, -0.15) is 0 Å². The lowest BCUT2D eigenvalue weighted by atomic mass is 10.1. The van der Waals surface area contributed by atoms with E-state index in [-0.39, 0.29) is 15.4 Å². The molecule has 2 aromatic rings. The highest BCUT2D eigenvalue weighted by atomic mass is 79.9. The van der Waals surface area contributed by atoms with Crippen LogP contribution < -0.4 is 0 Å². The van der Waals surface area contributed by atoms with E-state index in [0.29, 0.717) is 10.6 Å². The van der Waals surface area contributed by atoms with Crippen molar-refractivity contribution in [2.75, 3.05) is 0 Å². The van der Waals surface area contributed by atoms with E-state index in [1.165, 1.54) is 6.20 Å². The summed E-state index contributed by atoms with van der Waals surface area (Å²) in [5.41, 5.74) is 0.744. The second-order valence-corrected chi connectivity index (χ2v) is 4.30. The van der Waals surface area contributed by atoms with E-state index in [9.17, 15) is 8.78 Å². The lowest BCUT2D eigenvalue weighted by molar-refractivity contribution is 0.586. The number of benzene rings is 1. The molecule has 5 heteroatoms. The Labute approximate surface area is 98.2 Å². The summed E-state index contributed by atoms with van der Waals surface area (Å²) in [7, 11) is 0. The molecule has 1 aromatic heterocycles. The highest BCUT2D eigenvalue weighted by molar-refractivity contribution is 9.10. The van der Waals surface area contributed by atoms with Gasteiger partial charge in [-0.3, -0.25) is 4.98 Å². The average Bonchev–Trinajstić information content (AvgIpc) is 2.19. The maximum atomic E-state index is 13.4. The minimum absolute atomic E-state index is 0.0684. The van der Waals surface area contributed by atoms with Crippen LogP contribution in [0.3, 0.4) is 0 Å². The zero-order valence-electron chi connectivity index (χ0n) is 7.61. The Morgan fingerprint density at radius 1 is 1.33 bits per heavy atom. The predicted molar refractivity (Wildman–Crippen MR) is 59.1 cm³/mol. The van der Waals surface area contributed by atoms with E-state index in [1.807, 2.05) is 0 Å². The maximum Gasteiger partial charge on any atom is 0.152 e. The van der Waals surface area contributed by atoms with Crippen LogP contribution in [0, 0.1) is 18.6 Å². The Balaban J connectivity index is 3.04. The first-order valence-electron chi connectivity index (χ1n) is 4.10. The molecule has 0 radical (unpaired) electrons. The Hall–Kier alpha value is -0.740. The maximum absolute atomic E-state index is 13.4. The minimum atomic E-state index is -0.715. The molecule has 0 bridgehead atoms. The highest BCUT2D eigenvalue weighted by Crippen LogP contribution is 2.34. The summed E-state index contributed by atoms with van der Waals surface area (Å²) in [5, 5.41) is 0.583. The molecule has 0 fully saturated rings. The van der Waals surface area contributed by atoms with Crippen molar-refractivity contribution in [3.63, 3.8) is 0 Å². The van der Waals surface area contributed by atoms with Gasteiger partial charge in [0, 0.05) is 17.6 Å². The van der Waals surface area contributed by atoms with Gasteiger partial charge in [-0.25, -0.2) is 8.78 Å². The summed E-state index contributed by atoms with van der Waals surface area (Å²) in [4.78, 5) is 3.89. The quantitative estimate of drug-likeness (QED) is 0.662. The fourth-order valence-corrected chi connectivity index (χ4v) is 2.17. The molecule has 0 saturated heterocycles. The van der Waals surface area contributed by atoms with Gasteiger partial charge < -0.3 is 0 Å². The summed E-state index contributed by atoms with van der Waals surface area (Å²) in [5.74, 6) is -1.40. The minimum Gasteiger partial charge on any atom is -0.253 e. The fourth-order valence-electron chi connectivity index (χ4n) is 1.33. The van der Waals surface area contributed by atoms with Gasteiger partial charge in [0.2, 0.25) is 0 Å². The van der Waals surface area contributed by atoms with Crippen LogP contribution in [0.15, 0.2) is 16.7 Å². The molecule has 78 valence electrons. The molecule has 0 aliphatic carbocycles. The Bertz CT molecular complexity index is 549. The number of fused-ring (bicyclic) bond motifs is 1. The van der Waals surface area contributed by atoms with Crippen LogP contribution in [-0.4, -0.2) is 4.98 Å². The van der Waals surface area contributed by atoms with Crippen LogP contribution >= 0.6 is 27.5 Å². The molecule has 1 aromatic carbocycles. The third-order valence-electron chi connectivity index (χ3n) is 2.10. The van der Waals surface area contributed by atoms with Gasteiger partial charge in [-0.15, -0.1) is 0 Å². The van der Waals surface area contributed by atoms with Crippen molar-refractivity contribution < 1.29 is 8.78 Å². The molecule has 2 rings (SSSR count). The van der Waals surface area contributed by atoms with Crippen LogP contribution in [0.2, 0.25) is 5.02 Å². The molecular formula is C10H5BrClF2N. The first-order valence-corrected chi connectivity index (χ1v) is 5.27. The van der Waals surface area contributed by atoms with Gasteiger partial charge in [0.25, 0.3) is 0 Å². The van der Waals surface area contributed by atoms with Crippen molar-refractivity contribution in [1.82, 2.24) is 4.98 Å². The molecule has 0 aliphatic rings. The number of hydrogen-bond donors (Lipinski definition) is 0. The Morgan fingerprint density at radius 3 is 2.67 bits per heavy atom. The monoisotopic (exact) mass is 291 g/mol. The topological polar surface area (TPSA) is 12.9 Å². The summed E-state index contributed by atoms with van der Waals surface area (Å²) in [6.45, 7) is 1.73. The predicted octanol–water partition coefficient (Wildman–Crippen LogP) is 4.24. The van der Waals surface area contributed by atoms with Crippen molar-refractivity contribution in [3.8, 4) is 0 Å². The van der Waals surface area contributed by atoms with E-state index in [1.54, 1.807) is 6.92 Å². The molecule has 15 heavy (non-hydrogen) atoms. The summed E-state index contributed by atoms with van der Waals surface area (Å²) >= 11 is 9.01. The normalized spacial score (nSPS) is 11.0. The molecular weight excluding hydrogens is 287 g/mol. The largest absolute Gasteiger partial charge is 0.253 e. The van der Waals surface area contributed by atoms with Crippen LogP contribution in [0.4, 0.5) is 8.78 Å². The van der Waals surface area contributed by atoms with Gasteiger partial charge in [0.05, 0.1) is 9.50 Å². The first kappa shape index (κ1) is 10.8. The summed E-state index contributed by atoms with van der Waals surface area (Å²) in [6, 6.07) is 0.783. The average molecular weight is 293 g/mol. The Kier molecular flexibility index (Phi) is 2.64. The second kappa shape index (κ2) is 3.68. The number of aryl methyl sites for hydroxylation is 1. The smallest absolute Gasteiger partial charge is 0.152 e. The van der Waals surface area contributed by atoms with Crippen LogP contribution in [0.1, 0.15) is 5.56 Å². The third-order valence-corrected chi connectivity index (χ3v) is 3.36. The van der Waals surface area contributed by atoms with E-state index >= 15 is 0 Å². The van der Waals surface area contributed by atoms with Crippen molar-refractivity contribution in [1.29, 1.82) is 0 Å². The molecule has 0 spiro atoms. The molecule has 0 amide bonds. The van der Waals surface area contributed by atoms with E-state index in [4.69, 9.17) is 11.6 Å². The molecule has 0 N–H and O–H groups in total. The number of halogens is 4. The van der Waals surface area contributed by atoms with Gasteiger partial charge in [0.1, 0.15) is 11.3 Å². The summed E-state index contributed by atoms with van der Waals surface area (Å²) < 4.78 is 26.7. The number of hydrogen-bond acceptors (Lipinski definition) is 1. The molecule has 0 aliphatic heterocycles. The van der Waals surface area contributed by atoms with E-state index in [0.717, 1.165) is 6.07 Å². The lowest BCUT2D eigenvalue weighted by Crippen LogP contribution is -1.92. The van der Waals surface area contributed by atoms with E-state index in [2.05, 4.69) is 20.9 Å². The summed E-state index contributed by atoms with van der Waals surface area (Å²) in [6.07, 6.45) is 1.46. The van der Waals surface area contributed by atoms with Crippen LogP contribution in [0.25, 0.3) is 10.9 Å². The molecule has 1 nitrogen and oxygen atoms in total. The number of pyridine rings is 1. The zero-order chi connectivity index (χ0) is 11.2. The van der Waals surface area contributed by atoms with Crippen molar-refractivity contribution in [3.05, 3.63) is 39.0 Å². The van der Waals surface area contributed by atoms with Gasteiger partial charge >= 0.3 is 0 Å². The van der Waals surface area contributed by atoms with Gasteiger partial charge in [-0.1, -0.05) is 11.6 Å². The lowest BCUT2D eigenvalue weighted by Gasteiger charge is -2.06. The fraction of sp³-hybridized carbons (Fsp3) is 0.100. The molecule has 1 heterocycles. The molecule has 0 atom stereocenters. The zero-order valence-corrected chi connectivity index (χ0v) is 9.96. The van der Waals surface area contributed by atoms with Crippen molar-refractivity contribution >= 4 is 38.4 Å². The standard InChI is InChI=1S/C10H5BrClF2N/c1-4-3-15-10-6(14)2-5(13)8(11)7(10)9(4)12/h2-3H,1H3.